The highest BCUT2D eigenvalue weighted by atomic mass is 32.1. The van der Waals surface area contributed by atoms with Crippen LogP contribution >= 0.6 is 11.3 Å². The van der Waals surface area contributed by atoms with Crippen molar-refractivity contribution in [2.75, 3.05) is 11.9 Å². The number of thiophene rings is 1. The molecule has 2 amide bonds. The molecule has 0 bridgehead atoms. The number of furan rings is 1. The molecule has 0 saturated carbocycles. The van der Waals surface area contributed by atoms with Crippen LogP contribution in [0.15, 0.2) is 64.6 Å². The summed E-state index contributed by atoms with van der Waals surface area (Å²) in [5.74, 6) is -0.118. The molecule has 0 aliphatic heterocycles. The van der Waals surface area contributed by atoms with Crippen LogP contribution in [0.25, 0.3) is 0 Å². The van der Waals surface area contributed by atoms with Gasteiger partial charge in [0.1, 0.15) is 10.8 Å². The highest BCUT2D eigenvalue weighted by Gasteiger charge is 2.18. The van der Waals surface area contributed by atoms with E-state index in [9.17, 15) is 9.59 Å². The molecule has 0 unspecified atom stereocenters. The van der Waals surface area contributed by atoms with E-state index in [-0.39, 0.29) is 18.5 Å². The van der Waals surface area contributed by atoms with Crippen molar-refractivity contribution in [1.82, 2.24) is 5.32 Å². The molecule has 7 heteroatoms. The van der Waals surface area contributed by atoms with Crippen molar-refractivity contribution in [2.45, 2.75) is 6.04 Å². The van der Waals surface area contributed by atoms with Crippen molar-refractivity contribution in [1.29, 1.82) is 0 Å². The van der Waals surface area contributed by atoms with E-state index in [4.69, 9.17) is 10.2 Å². The highest BCUT2D eigenvalue weighted by Crippen LogP contribution is 2.24. The molecular formula is C18H17N3O3S. The molecule has 2 heterocycles. The van der Waals surface area contributed by atoms with Gasteiger partial charge in [-0.2, -0.15) is 0 Å². The van der Waals surface area contributed by atoms with Crippen molar-refractivity contribution in [3.63, 3.8) is 0 Å². The van der Waals surface area contributed by atoms with E-state index < -0.39 is 5.91 Å². The lowest BCUT2D eigenvalue weighted by atomic mass is 10.0. The Morgan fingerprint density at radius 3 is 2.60 bits per heavy atom. The lowest BCUT2D eigenvalue weighted by Gasteiger charge is -2.17. The summed E-state index contributed by atoms with van der Waals surface area (Å²) < 4.78 is 5.49. The number of hydrogen-bond acceptors (Lipinski definition) is 5. The summed E-state index contributed by atoms with van der Waals surface area (Å²) in [5, 5.41) is 8.05. The molecule has 0 aliphatic rings. The maximum Gasteiger partial charge on any atom is 0.251 e. The highest BCUT2D eigenvalue weighted by molar-refractivity contribution is 7.14. The first kappa shape index (κ1) is 16.9. The SMILES string of the molecule is NC(=O)c1ccsc1NC(=O)CN[C@@H](c1ccccc1)c1ccco1. The van der Waals surface area contributed by atoms with Gasteiger partial charge < -0.3 is 15.5 Å². The molecule has 1 atom stereocenters. The van der Waals surface area contributed by atoms with Gasteiger partial charge in [0.2, 0.25) is 5.91 Å². The van der Waals surface area contributed by atoms with Crippen LogP contribution in [-0.4, -0.2) is 18.4 Å². The zero-order valence-electron chi connectivity index (χ0n) is 13.3. The first-order chi connectivity index (χ1) is 12.1. The Kier molecular flexibility index (Phi) is 5.27. The Morgan fingerprint density at radius 1 is 1.12 bits per heavy atom. The van der Waals surface area contributed by atoms with Crippen molar-refractivity contribution < 1.29 is 14.0 Å². The summed E-state index contributed by atoms with van der Waals surface area (Å²) in [6, 6.07) is 14.7. The van der Waals surface area contributed by atoms with Crippen LogP contribution in [0.5, 0.6) is 0 Å². The van der Waals surface area contributed by atoms with Gasteiger partial charge in [-0.15, -0.1) is 11.3 Å². The van der Waals surface area contributed by atoms with Gasteiger partial charge in [0.15, 0.2) is 0 Å². The summed E-state index contributed by atoms with van der Waals surface area (Å²) in [6.45, 7) is 0.0519. The lowest BCUT2D eigenvalue weighted by molar-refractivity contribution is -0.115. The van der Waals surface area contributed by atoms with E-state index in [1.807, 2.05) is 36.4 Å². The molecule has 4 N–H and O–H groups in total. The molecule has 0 spiro atoms. The Hall–Kier alpha value is -2.90. The monoisotopic (exact) mass is 355 g/mol. The van der Waals surface area contributed by atoms with Gasteiger partial charge in [-0.3, -0.25) is 14.9 Å². The molecular weight excluding hydrogens is 338 g/mol. The van der Waals surface area contributed by atoms with E-state index in [0.717, 1.165) is 5.56 Å². The minimum absolute atomic E-state index is 0.0519. The number of anilines is 1. The van der Waals surface area contributed by atoms with Crippen LogP contribution in [0.3, 0.4) is 0 Å². The summed E-state index contributed by atoms with van der Waals surface area (Å²) in [4.78, 5) is 23.6. The average molecular weight is 355 g/mol. The molecule has 0 radical (unpaired) electrons. The van der Waals surface area contributed by atoms with Gasteiger partial charge in [-0.25, -0.2) is 0 Å². The largest absolute Gasteiger partial charge is 0.467 e. The molecule has 0 fully saturated rings. The van der Waals surface area contributed by atoms with Crippen molar-refractivity contribution in [3.05, 3.63) is 77.1 Å². The van der Waals surface area contributed by atoms with E-state index in [1.54, 1.807) is 23.8 Å². The van der Waals surface area contributed by atoms with E-state index >= 15 is 0 Å². The van der Waals surface area contributed by atoms with Gasteiger partial charge >= 0.3 is 0 Å². The van der Waals surface area contributed by atoms with Crippen molar-refractivity contribution in [3.8, 4) is 0 Å². The number of nitrogens with two attached hydrogens (primary N) is 1. The van der Waals surface area contributed by atoms with Gasteiger partial charge in [0.25, 0.3) is 5.91 Å². The van der Waals surface area contributed by atoms with Crippen LogP contribution in [0.2, 0.25) is 0 Å². The number of nitrogens with one attached hydrogen (secondary N) is 2. The third kappa shape index (κ3) is 4.14. The number of amides is 2. The van der Waals surface area contributed by atoms with Crippen LogP contribution < -0.4 is 16.4 Å². The number of benzene rings is 1. The number of carbonyl (C=O) groups excluding carboxylic acids is 2. The Labute approximate surface area is 148 Å². The molecule has 3 aromatic rings. The zero-order chi connectivity index (χ0) is 17.6. The molecule has 2 aromatic heterocycles. The molecule has 0 aliphatic carbocycles. The third-order valence-corrected chi connectivity index (χ3v) is 4.44. The fourth-order valence-corrected chi connectivity index (χ4v) is 3.26. The standard InChI is InChI=1S/C18H17N3O3S/c19-17(23)13-8-10-25-18(13)21-15(22)11-20-16(14-7-4-9-24-14)12-5-2-1-3-6-12/h1-10,16,20H,11H2,(H2,19,23)(H,21,22)/t16-/m0/s1. The first-order valence-electron chi connectivity index (χ1n) is 7.64. The van der Waals surface area contributed by atoms with Crippen LogP contribution in [0, 0.1) is 0 Å². The van der Waals surface area contributed by atoms with E-state index in [2.05, 4.69) is 10.6 Å². The maximum atomic E-state index is 12.2. The maximum absolute atomic E-state index is 12.2. The van der Waals surface area contributed by atoms with Gasteiger partial charge in [0.05, 0.1) is 24.4 Å². The smallest absolute Gasteiger partial charge is 0.251 e. The fourth-order valence-electron chi connectivity index (χ4n) is 2.45. The van der Waals surface area contributed by atoms with Crippen LogP contribution in [0.1, 0.15) is 27.7 Å². The predicted molar refractivity (Wildman–Crippen MR) is 96.5 cm³/mol. The predicted octanol–water partition coefficient (Wildman–Crippen LogP) is 2.76. The summed E-state index contributed by atoms with van der Waals surface area (Å²) in [7, 11) is 0. The Morgan fingerprint density at radius 2 is 1.92 bits per heavy atom. The molecule has 3 rings (SSSR count). The van der Waals surface area contributed by atoms with E-state index in [1.165, 1.54) is 11.3 Å². The normalized spacial score (nSPS) is 11.8. The van der Waals surface area contributed by atoms with Crippen molar-refractivity contribution in [2.24, 2.45) is 5.73 Å². The topological polar surface area (TPSA) is 97.4 Å². The van der Waals surface area contributed by atoms with Crippen molar-refractivity contribution >= 4 is 28.2 Å². The zero-order valence-corrected chi connectivity index (χ0v) is 14.1. The molecule has 6 nitrogen and oxygen atoms in total. The lowest BCUT2D eigenvalue weighted by Crippen LogP contribution is -2.32. The second-order valence-corrected chi connectivity index (χ2v) is 6.23. The second-order valence-electron chi connectivity index (χ2n) is 5.32. The minimum Gasteiger partial charge on any atom is -0.467 e. The number of rotatable bonds is 7. The van der Waals surface area contributed by atoms with Crippen LogP contribution in [0.4, 0.5) is 5.00 Å². The number of hydrogen-bond donors (Lipinski definition) is 3. The number of carbonyl (C=O) groups is 2. The summed E-state index contributed by atoms with van der Waals surface area (Å²) in [5.41, 5.74) is 6.58. The quantitative estimate of drug-likeness (QED) is 0.607. The molecule has 128 valence electrons. The molecule has 25 heavy (non-hydrogen) atoms. The minimum atomic E-state index is -0.567. The second kappa shape index (κ2) is 7.78. The van der Waals surface area contributed by atoms with Gasteiger partial charge in [0, 0.05) is 0 Å². The first-order valence-corrected chi connectivity index (χ1v) is 8.52. The van der Waals surface area contributed by atoms with Gasteiger partial charge in [-0.05, 0) is 29.1 Å². The number of primary amides is 1. The summed E-state index contributed by atoms with van der Waals surface area (Å²) >= 11 is 1.26. The molecule has 1 aromatic carbocycles. The summed E-state index contributed by atoms with van der Waals surface area (Å²) in [6.07, 6.45) is 1.60. The van der Waals surface area contributed by atoms with Gasteiger partial charge in [-0.1, -0.05) is 30.3 Å². The Balaban J connectivity index is 1.68. The average Bonchev–Trinajstić information content (AvgIpc) is 3.28. The Bertz CT molecular complexity index is 844. The van der Waals surface area contributed by atoms with Crippen LogP contribution in [-0.2, 0) is 4.79 Å². The fraction of sp³-hybridized carbons (Fsp3) is 0.111. The molecule has 0 saturated heterocycles. The van der Waals surface area contributed by atoms with E-state index in [0.29, 0.717) is 16.3 Å². The third-order valence-electron chi connectivity index (χ3n) is 3.61.